The van der Waals surface area contributed by atoms with Crippen molar-refractivity contribution in [3.63, 3.8) is 0 Å². The van der Waals surface area contributed by atoms with Crippen LogP contribution in [0.3, 0.4) is 0 Å². The van der Waals surface area contributed by atoms with Crippen LogP contribution < -0.4 is 5.32 Å². The summed E-state index contributed by atoms with van der Waals surface area (Å²) in [6.07, 6.45) is 9.65. The fourth-order valence-corrected chi connectivity index (χ4v) is 3.55. The van der Waals surface area contributed by atoms with Crippen LogP contribution in [0.25, 0.3) is 0 Å². The van der Waals surface area contributed by atoms with Crippen molar-refractivity contribution < 1.29 is 5.11 Å². The Morgan fingerprint density at radius 1 is 1.20 bits per heavy atom. The van der Waals surface area contributed by atoms with E-state index in [0.29, 0.717) is 12.0 Å². The summed E-state index contributed by atoms with van der Waals surface area (Å²) in [5.41, 5.74) is -0.395. The van der Waals surface area contributed by atoms with E-state index in [1.54, 1.807) is 0 Å². The summed E-state index contributed by atoms with van der Waals surface area (Å²) >= 11 is 0. The van der Waals surface area contributed by atoms with E-state index in [1.807, 2.05) is 0 Å². The van der Waals surface area contributed by atoms with Gasteiger partial charge in [0.05, 0.1) is 5.60 Å². The molecule has 0 radical (unpaired) electrons. The molecule has 1 saturated carbocycles. The first-order chi connectivity index (χ1) is 7.27. The van der Waals surface area contributed by atoms with Crippen LogP contribution in [0, 0.1) is 5.92 Å². The quantitative estimate of drug-likeness (QED) is 0.735. The minimum Gasteiger partial charge on any atom is -0.388 e. The lowest BCUT2D eigenvalue weighted by molar-refractivity contribution is -0.0842. The second-order valence-electron chi connectivity index (χ2n) is 5.34. The molecule has 2 rings (SSSR count). The Morgan fingerprint density at radius 2 is 2.00 bits per heavy atom. The van der Waals surface area contributed by atoms with Crippen molar-refractivity contribution >= 4 is 0 Å². The summed E-state index contributed by atoms with van der Waals surface area (Å²) in [6.45, 7) is 3.33. The van der Waals surface area contributed by atoms with Crippen LogP contribution in [0.4, 0.5) is 0 Å². The van der Waals surface area contributed by atoms with E-state index in [0.717, 1.165) is 19.4 Å². The zero-order valence-electron chi connectivity index (χ0n) is 9.97. The standard InChI is InChI=1S/C13H25NO/c1-2-11-7-3-5-9-13(11,15)12-8-4-6-10-14-12/h11-12,14-15H,2-10H2,1H3. The van der Waals surface area contributed by atoms with Gasteiger partial charge in [0, 0.05) is 6.04 Å². The molecule has 0 aromatic heterocycles. The molecule has 0 amide bonds. The van der Waals surface area contributed by atoms with Gasteiger partial charge in [0.15, 0.2) is 0 Å². The van der Waals surface area contributed by atoms with Crippen molar-refractivity contribution in [2.75, 3.05) is 6.54 Å². The second kappa shape index (κ2) is 4.84. The van der Waals surface area contributed by atoms with Gasteiger partial charge in [-0.05, 0) is 38.1 Å². The number of hydrogen-bond acceptors (Lipinski definition) is 2. The van der Waals surface area contributed by atoms with Crippen LogP contribution in [-0.2, 0) is 0 Å². The summed E-state index contributed by atoms with van der Waals surface area (Å²) in [5.74, 6) is 0.529. The lowest BCUT2D eigenvalue weighted by Gasteiger charge is -2.47. The average Bonchev–Trinajstić information content (AvgIpc) is 2.31. The Bertz CT molecular complexity index is 201. The molecule has 15 heavy (non-hydrogen) atoms. The zero-order valence-corrected chi connectivity index (χ0v) is 9.97. The molecule has 88 valence electrons. The summed E-state index contributed by atoms with van der Waals surface area (Å²) < 4.78 is 0. The van der Waals surface area contributed by atoms with E-state index in [4.69, 9.17) is 0 Å². The minimum absolute atomic E-state index is 0.372. The number of rotatable bonds is 2. The maximum Gasteiger partial charge on any atom is 0.0827 e. The maximum absolute atomic E-state index is 10.9. The van der Waals surface area contributed by atoms with Gasteiger partial charge in [-0.15, -0.1) is 0 Å². The Labute approximate surface area is 93.5 Å². The van der Waals surface area contributed by atoms with Gasteiger partial charge in [0.25, 0.3) is 0 Å². The summed E-state index contributed by atoms with van der Waals surface area (Å²) in [7, 11) is 0. The minimum atomic E-state index is -0.395. The highest BCUT2D eigenvalue weighted by molar-refractivity contribution is 4.99. The predicted molar refractivity (Wildman–Crippen MR) is 62.8 cm³/mol. The molecular weight excluding hydrogens is 186 g/mol. The highest BCUT2D eigenvalue weighted by Crippen LogP contribution is 2.40. The van der Waals surface area contributed by atoms with Gasteiger partial charge < -0.3 is 10.4 Å². The molecule has 1 aliphatic carbocycles. The van der Waals surface area contributed by atoms with E-state index < -0.39 is 5.60 Å². The molecule has 1 heterocycles. The third-order valence-corrected chi connectivity index (χ3v) is 4.49. The summed E-state index contributed by atoms with van der Waals surface area (Å²) in [6, 6.07) is 0.372. The van der Waals surface area contributed by atoms with Gasteiger partial charge in [0.1, 0.15) is 0 Å². The van der Waals surface area contributed by atoms with E-state index in [1.165, 1.54) is 38.5 Å². The number of aliphatic hydroxyl groups is 1. The Kier molecular flexibility index (Phi) is 3.68. The number of hydrogen-bond donors (Lipinski definition) is 2. The van der Waals surface area contributed by atoms with Crippen molar-refractivity contribution in [1.29, 1.82) is 0 Å². The van der Waals surface area contributed by atoms with Gasteiger partial charge >= 0.3 is 0 Å². The van der Waals surface area contributed by atoms with Gasteiger partial charge in [-0.25, -0.2) is 0 Å². The smallest absolute Gasteiger partial charge is 0.0827 e. The number of piperidine rings is 1. The van der Waals surface area contributed by atoms with Crippen molar-refractivity contribution in [2.45, 2.75) is 69.9 Å². The normalized spacial score (nSPS) is 42.8. The largest absolute Gasteiger partial charge is 0.388 e. The Morgan fingerprint density at radius 3 is 2.67 bits per heavy atom. The molecule has 2 N–H and O–H groups in total. The molecule has 2 aliphatic rings. The Balaban J connectivity index is 2.06. The fraction of sp³-hybridized carbons (Fsp3) is 1.00. The van der Waals surface area contributed by atoms with Gasteiger partial charge in [-0.3, -0.25) is 0 Å². The number of nitrogens with one attached hydrogen (secondary N) is 1. The van der Waals surface area contributed by atoms with E-state index in [2.05, 4.69) is 12.2 Å². The molecule has 1 saturated heterocycles. The first kappa shape index (κ1) is 11.4. The first-order valence-electron chi connectivity index (χ1n) is 6.73. The van der Waals surface area contributed by atoms with E-state index in [-0.39, 0.29) is 0 Å². The van der Waals surface area contributed by atoms with Crippen LogP contribution in [0.2, 0.25) is 0 Å². The molecule has 3 unspecified atom stereocenters. The maximum atomic E-state index is 10.9. The van der Waals surface area contributed by atoms with Crippen LogP contribution in [-0.4, -0.2) is 23.3 Å². The third kappa shape index (κ3) is 2.21. The summed E-state index contributed by atoms with van der Waals surface area (Å²) in [5, 5.41) is 14.4. The monoisotopic (exact) mass is 211 g/mol. The van der Waals surface area contributed by atoms with Crippen molar-refractivity contribution in [3.05, 3.63) is 0 Å². The van der Waals surface area contributed by atoms with Crippen LogP contribution in [0.1, 0.15) is 58.3 Å². The Hall–Kier alpha value is -0.0800. The first-order valence-corrected chi connectivity index (χ1v) is 6.73. The molecule has 0 aromatic rings. The van der Waals surface area contributed by atoms with Crippen LogP contribution in [0.15, 0.2) is 0 Å². The molecule has 3 atom stereocenters. The van der Waals surface area contributed by atoms with Gasteiger partial charge in [-0.1, -0.05) is 32.6 Å². The molecule has 2 fully saturated rings. The molecule has 2 heteroatoms. The molecule has 0 spiro atoms. The highest BCUT2D eigenvalue weighted by atomic mass is 16.3. The van der Waals surface area contributed by atoms with Crippen LogP contribution in [0.5, 0.6) is 0 Å². The SMILES string of the molecule is CCC1CCCCC1(O)C1CCCCN1. The highest BCUT2D eigenvalue weighted by Gasteiger charge is 2.44. The average molecular weight is 211 g/mol. The second-order valence-corrected chi connectivity index (χ2v) is 5.34. The van der Waals surface area contributed by atoms with Crippen molar-refractivity contribution in [1.82, 2.24) is 5.32 Å². The lowest BCUT2D eigenvalue weighted by Crippen LogP contribution is -2.57. The van der Waals surface area contributed by atoms with Crippen molar-refractivity contribution in [3.8, 4) is 0 Å². The molecule has 2 nitrogen and oxygen atoms in total. The van der Waals surface area contributed by atoms with Crippen molar-refractivity contribution in [2.24, 2.45) is 5.92 Å². The third-order valence-electron chi connectivity index (χ3n) is 4.49. The lowest BCUT2D eigenvalue weighted by atomic mass is 9.68. The van der Waals surface area contributed by atoms with E-state index >= 15 is 0 Å². The topological polar surface area (TPSA) is 32.3 Å². The predicted octanol–water partition coefficient (Wildman–Crippen LogP) is 2.46. The molecular formula is C13H25NO. The zero-order chi connectivity index (χ0) is 10.7. The molecule has 0 aromatic carbocycles. The van der Waals surface area contributed by atoms with E-state index in [9.17, 15) is 5.11 Å². The fourth-order valence-electron chi connectivity index (χ4n) is 3.55. The van der Waals surface area contributed by atoms with Gasteiger partial charge in [0.2, 0.25) is 0 Å². The molecule has 1 aliphatic heterocycles. The van der Waals surface area contributed by atoms with Crippen LogP contribution >= 0.6 is 0 Å². The van der Waals surface area contributed by atoms with Gasteiger partial charge in [-0.2, -0.15) is 0 Å². The molecule has 0 bridgehead atoms. The summed E-state index contributed by atoms with van der Waals surface area (Å²) in [4.78, 5) is 0.